The fourth-order valence-corrected chi connectivity index (χ4v) is 4.31. The summed E-state index contributed by atoms with van der Waals surface area (Å²) in [6.07, 6.45) is 1.67. The highest BCUT2D eigenvalue weighted by Crippen LogP contribution is 2.42. The highest BCUT2D eigenvalue weighted by Gasteiger charge is 2.36. The number of aliphatic hydroxyl groups is 1. The number of rotatable bonds is 4. The third kappa shape index (κ3) is 3.85. The highest BCUT2D eigenvalue weighted by molar-refractivity contribution is 7.15. The van der Waals surface area contributed by atoms with Gasteiger partial charge in [0, 0.05) is 18.1 Å². The maximum atomic E-state index is 12.8. The van der Waals surface area contributed by atoms with Crippen molar-refractivity contribution in [1.29, 1.82) is 0 Å². The van der Waals surface area contributed by atoms with Gasteiger partial charge >= 0.3 is 6.18 Å². The number of hydrogen-bond donors (Lipinski definition) is 2. The molecule has 4 rings (SSSR count). The molecule has 1 aliphatic rings. The van der Waals surface area contributed by atoms with Crippen LogP contribution in [0.1, 0.15) is 36.4 Å². The number of thiazole rings is 1. The monoisotopic (exact) mass is 406 g/mol. The molecule has 3 aromatic rings. The molecule has 1 saturated carbocycles. The van der Waals surface area contributed by atoms with Crippen LogP contribution in [0.15, 0.2) is 42.7 Å². The van der Waals surface area contributed by atoms with Crippen molar-refractivity contribution in [1.82, 2.24) is 15.0 Å². The summed E-state index contributed by atoms with van der Waals surface area (Å²) in [5, 5.41) is 14.2. The van der Waals surface area contributed by atoms with Crippen molar-refractivity contribution in [3.8, 4) is 10.4 Å². The summed E-state index contributed by atoms with van der Waals surface area (Å²) in [4.78, 5) is 12.6. The van der Waals surface area contributed by atoms with Crippen molar-refractivity contribution in [2.45, 2.75) is 37.5 Å². The number of alkyl halides is 3. The van der Waals surface area contributed by atoms with Gasteiger partial charge in [-0.3, -0.25) is 0 Å². The molecule has 0 aliphatic heterocycles. The largest absolute Gasteiger partial charge is 0.433 e. The molecular weight excluding hydrogens is 389 g/mol. The molecule has 0 unspecified atom stereocenters. The molecule has 1 fully saturated rings. The van der Waals surface area contributed by atoms with Gasteiger partial charge in [0.1, 0.15) is 16.3 Å². The number of nitrogens with zero attached hydrogens (tertiary/aromatic N) is 3. The van der Waals surface area contributed by atoms with Crippen LogP contribution in [0.3, 0.4) is 0 Å². The van der Waals surface area contributed by atoms with Crippen LogP contribution in [0.2, 0.25) is 0 Å². The van der Waals surface area contributed by atoms with E-state index in [0.29, 0.717) is 23.5 Å². The Labute approximate surface area is 163 Å². The molecule has 0 atom stereocenters. The van der Waals surface area contributed by atoms with Crippen LogP contribution in [0.4, 0.5) is 24.8 Å². The number of nitrogens with one attached hydrogen (secondary N) is 1. The summed E-state index contributed by atoms with van der Waals surface area (Å²) in [6.45, 7) is 0. The number of hydrogen-bond acceptors (Lipinski definition) is 6. The molecular formula is C19H17F3N4OS. The molecule has 28 heavy (non-hydrogen) atoms. The Morgan fingerprint density at radius 1 is 1.11 bits per heavy atom. The maximum absolute atomic E-state index is 12.8. The van der Waals surface area contributed by atoms with Crippen LogP contribution in [0, 0.1) is 0 Å². The lowest BCUT2D eigenvalue weighted by molar-refractivity contribution is -0.141. The molecule has 1 aromatic carbocycles. The first-order valence-corrected chi connectivity index (χ1v) is 9.62. The molecule has 9 heteroatoms. The molecule has 0 spiro atoms. The SMILES string of the molecule is OC1(c2ncc(-c3cccc(Nc4nccc(C(F)(F)F)n4)c3)s2)CCCC1. The van der Waals surface area contributed by atoms with Crippen molar-refractivity contribution >= 4 is 23.0 Å². The second kappa shape index (κ2) is 7.14. The molecule has 5 nitrogen and oxygen atoms in total. The molecule has 2 heterocycles. The van der Waals surface area contributed by atoms with E-state index in [1.165, 1.54) is 11.3 Å². The van der Waals surface area contributed by atoms with Crippen molar-refractivity contribution in [2.75, 3.05) is 5.32 Å². The van der Waals surface area contributed by atoms with Crippen LogP contribution in [0.25, 0.3) is 10.4 Å². The predicted molar refractivity (Wildman–Crippen MR) is 100 cm³/mol. The van der Waals surface area contributed by atoms with E-state index < -0.39 is 17.5 Å². The molecule has 0 saturated heterocycles. The van der Waals surface area contributed by atoms with Crippen molar-refractivity contribution in [3.05, 3.63) is 53.4 Å². The number of benzene rings is 1. The molecule has 0 amide bonds. The van der Waals surface area contributed by atoms with E-state index in [1.54, 1.807) is 24.4 Å². The Morgan fingerprint density at radius 2 is 1.89 bits per heavy atom. The lowest BCUT2D eigenvalue weighted by Crippen LogP contribution is -2.20. The van der Waals surface area contributed by atoms with Gasteiger partial charge in [0.2, 0.25) is 5.95 Å². The standard InChI is InChI=1S/C19H17F3N4OS/c20-19(21,22)15-6-9-23-17(26-15)25-13-5-3-4-12(10-13)14-11-24-16(28-14)18(27)7-1-2-8-18/h3-6,9-11,27H,1-2,7-8H2,(H,23,25,26). The van der Waals surface area contributed by atoms with E-state index in [4.69, 9.17) is 0 Å². The van der Waals surface area contributed by atoms with Crippen LogP contribution >= 0.6 is 11.3 Å². The topological polar surface area (TPSA) is 70.9 Å². The second-order valence-electron chi connectivity index (χ2n) is 6.74. The summed E-state index contributed by atoms with van der Waals surface area (Å²) in [6, 6.07) is 8.01. The summed E-state index contributed by atoms with van der Waals surface area (Å²) < 4.78 is 38.4. The number of aromatic nitrogens is 3. The number of halogens is 3. The highest BCUT2D eigenvalue weighted by atomic mass is 32.1. The van der Waals surface area contributed by atoms with Crippen LogP contribution < -0.4 is 5.32 Å². The van der Waals surface area contributed by atoms with Crippen LogP contribution in [-0.4, -0.2) is 20.1 Å². The van der Waals surface area contributed by atoms with Gasteiger partial charge in [-0.25, -0.2) is 15.0 Å². The third-order valence-corrected chi connectivity index (χ3v) is 5.92. The summed E-state index contributed by atoms with van der Waals surface area (Å²) in [5.74, 6) is -0.128. The zero-order valence-corrected chi connectivity index (χ0v) is 15.5. The predicted octanol–water partition coefficient (Wildman–Crippen LogP) is 5.12. The number of anilines is 2. The van der Waals surface area contributed by atoms with Crippen molar-refractivity contribution in [3.63, 3.8) is 0 Å². The zero-order valence-electron chi connectivity index (χ0n) is 14.7. The maximum Gasteiger partial charge on any atom is 0.433 e. The van der Waals surface area contributed by atoms with E-state index in [1.807, 2.05) is 6.07 Å². The van der Waals surface area contributed by atoms with E-state index in [-0.39, 0.29) is 5.95 Å². The van der Waals surface area contributed by atoms with Crippen LogP contribution in [-0.2, 0) is 11.8 Å². The third-order valence-electron chi connectivity index (χ3n) is 4.68. The second-order valence-corrected chi connectivity index (χ2v) is 7.77. The Bertz CT molecular complexity index is 983. The minimum atomic E-state index is -4.53. The Hall–Kier alpha value is -2.52. The fraction of sp³-hybridized carbons (Fsp3) is 0.316. The van der Waals surface area contributed by atoms with Gasteiger partial charge in [-0.05, 0) is 36.6 Å². The molecule has 2 aromatic heterocycles. The van der Waals surface area contributed by atoms with Crippen LogP contribution in [0.5, 0.6) is 0 Å². The quantitative estimate of drug-likeness (QED) is 0.629. The van der Waals surface area contributed by atoms with Gasteiger partial charge in [-0.1, -0.05) is 25.0 Å². The Balaban J connectivity index is 1.57. The lowest BCUT2D eigenvalue weighted by atomic mass is 10.0. The summed E-state index contributed by atoms with van der Waals surface area (Å²) in [5.41, 5.74) is -0.434. The van der Waals surface area contributed by atoms with Gasteiger partial charge < -0.3 is 10.4 Å². The van der Waals surface area contributed by atoms with E-state index in [9.17, 15) is 18.3 Å². The summed E-state index contributed by atoms with van der Waals surface area (Å²) >= 11 is 1.43. The Morgan fingerprint density at radius 3 is 2.64 bits per heavy atom. The average molecular weight is 406 g/mol. The van der Waals surface area contributed by atoms with Crippen molar-refractivity contribution in [2.24, 2.45) is 0 Å². The lowest BCUT2D eigenvalue weighted by Gasteiger charge is -2.18. The summed E-state index contributed by atoms with van der Waals surface area (Å²) in [7, 11) is 0. The minimum absolute atomic E-state index is 0.128. The van der Waals surface area contributed by atoms with Gasteiger partial charge in [0.25, 0.3) is 0 Å². The molecule has 0 bridgehead atoms. The molecule has 1 aliphatic carbocycles. The normalized spacial score (nSPS) is 16.3. The van der Waals surface area contributed by atoms with Gasteiger partial charge in [-0.15, -0.1) is 11.3 Å². The molecule has 2 N–H and O–H groups in total. The van der Waals surface area contributed by atoms with E-state index >= 15 is 0 Å². The van der Waals surface area contributed by atoms with Crippen molar-refractivity contribution < 1.29 is 18.3 Å². The Kier molecular flexibility index (Phi) is 4.80. The minimum Gasteiger partial charge on any atom is -0.383 e. The first kappa shape index (κ1) is 18.8. The van der Waals surface area contributed by atoms with E-state index in [2.05, 4.69) is 20.3 Å². The zero-order chi connectivity index (χ0) is 19.8. The first-order chi connectivity index (χ1) is 13.3. The molecule has 0 radical (unpaired) electrons. The average Bonchev–Trinajstić information content (AvgIpc) is 3.32. The van der Waals surface area contributed by atoms with Gasteiger partial charge in [-0.2, -0.15) is 13.2 Å². The smallest absolute Gasteiger partial charge is 0.383 e. The van der Waals surface area contributed by atoms with Gasteiger partial charge in [0.15, 0.2) is 0 Å². The first-order valence-electron chi connectivity index (χ1n) is 8.80. The van der Waals surface area contributed by atoms with Gasteiger partial charge in [0.05, 0.1) is 4.88 Å². The fourth-order valence-electron chi connectivity index (χ4n) is 3.25. The molecule has 146 valence electrons. The van der Waals surface area contributed by atoms with E-state index in [0.717, 1.165) is 35.5 Å².